The van der Waals surface area contributed by atoms with Crippen molar-refractivity contribution in [1.82, 2.24) is 4.90 Å². The van der Waals surface area contributed by atoms with E-state index in [9.17, 15) is 9.59 Å². The Bertz CT molecular complexity index is 318. The van der Waals surface area contributed by atoms with Gasteiger partial charge in [-0.15, -0.1) is 0 Å². The summed E-state index contributed by atoms with van der Waals surface area (Å²) in [7, 11) is 0. The third-order valence-electron chi connectivity index (χ3n) is 4.29. The zero-order valence-corrected chi connectivity index (χ0v) is 11.0. The first-order valence-electron chi connectivity index (χ1n) is 6.80. The lowest BCUT2D eigenvalue weighted by Gasteiger charge is -2.37. The first-order valence-corrected chi connectivity index (χ1v) is 6.80. The van der Waals surface area contributed by atoms with Gasteiger partial charge in [0.25, 0.3) is 0 Å². The summed E-state index contributed by atoms with van der Waals surface area (Å²) < 4.78 is 0. The summed E-state index contributed by atoms with van der Waals surface area (Å²) in [6.07, 6.45) is 6.19. The van der Waals surface area contributed by atoms with E-state index in [1.807, 2.05) is 18.7 Å². The van der Waals surface area contributed by atoms with E-state index in [2.05, 4.69) is 0 Å². The number of hydrogen-bond acceptors (Lipinski definition) is 2. The molecule has 3 nitrogen and oxygen atoms in total. The summed E-state index contributed by atoms with van der Waals surface area (Å²) in [4.78, 5) is 25.6. The van der Waals surface area contributed by atoms with Crippen LogP contribution in [-0.4, -0.2) is 29.7 Å². The molecule has 96 valence electrons. The van der Waals surface area contributed by atoms with Crippen molar-refractivity contribution >= 4 is 11.7 Å². The van der Waals surface area contributed by atoms with Crippen LogP contribution in [0, 0.1) is 11.3 Å². The van der Waals surface area contributed by atoms with E-state index in [1.54, 1.807) is 0 Å². The third kappa shape index (κ3) is 2.88. The van der Waals surface area contributed by atoms with Gasteiger partial charge in [0.15, 0.2) is 0 Å². The maximum Gasteiger partial charge on any atom is 0.222 e. The summed E-state index contributed by atoms with van der Waals surface area (Å²) in [5, 5.41) is 0. The van der Waals surface area contributed by atoms with Gasteiger partial charge in [-0.3, -0.25) is 9.59 Å². The molecular weight excluding hydrogens is 214 g/mol. The average molecular weight is 237 g/mol. The molecule has 2 rings (SSSR count). The SMILES string of the molecule is CC1(C)CN(C(=O)CCC2CCC2)CCC1=O. The highest BCUT2D eigenvalue weighted by molar-refractivity contribution is 5.87. The number of likely N-dealkylation sites (tertiary alicyclic amines) is 1. The van der Waals surface area contributed by atoms with Gasteiger partial charge in [-0.2, -0.15) is 0 Å². The Morgan fingerprint density at radius 1 is 1.41 bits per heavy atom. The summed E-state index contributed by atoms with van der Waals surface area (Å²) in [5.41, 5.74) is -0.343. The van der Waals surface area contributed by atoms with Crippen LogP contribution in [0.5, 0.6) is 0 Å². The van der Waals surface area contributed by atoms with Gasteiger partial charge in [0.05, 0.1) is 0 Å². The molecule has 0 aromatic carbocycles. The number of piperidine rings is 1. The maximum absolute atomic E-state index is 12.1. The summed E-state index contributed by atoms with van der Waals surface area (Å²) in [6, 6.07) is 0. The quantitative estimate of drug-likeness (QED) is 0.756. The fraction of sp³-hybridized carbons (Fsp3) is 0.857. The molecule has 0 aromatic rings. The number of hydrogen-bond donors (Lipinski definition) is 0. The van der Waals surface area contributed by atoms with Crippen LogP contribution in [0.25, 0.3) is 0 Å². The molecule has 2 fully saturated rings. The molecule has 0 unspecified atom stereocenters. The van der Waals surface area contributed by atoms with Crippen molar-refractivity contribution in [2.45, 2.75) is 52.4 Å². The summed E-state index contributed by atoms with van der Waals surface area (Å²) >= 11 is 0. The van der Waals surface area contributed by atoms with Crippen LogP contribution >= 0.6 is 0 Å². The summed E-state index contributed by atoms with van der Waals surface area (Å²) in [5.74, 6) is 1.33. The molecular formula is C14H23NO2. The van der Waals surface area contributed by atoms with E-state index in [-0.39, 0.29) is 11.3 Å². The average Bonchev–Trinajstić information content (AvgIpc) is 2.19. The molecule has 0 spiro atoms. The molecule has 17 heavy (non-hydrogen) atoms. The van der Waals surface area contributed by atoms with Crippen molar-refractivity contribution in [2.24, 2.45) is 11.3 Å². The summed E-state index contributed by atoms with van der Waals surface area (Å²) in [6.45, 7) is 5.13. The maximum atomic E-state index is 12.1. The fourth-order valence-electron chi connectivity index (χ4n) is 2.70. The van der Waals surface area contributed by atoms with Crippen LogP contribution < -0.4 is 0 Å². The number of rotatable bonds is 3. The normalized spacial score (nSPS) is 24.6. The number of carbonyl (C=O) groups excluding carboxylic acids is 2. The number of carbonyl (C=O) groups is 2. The molecule has 1 aliphatic carbocycles. The van der Waals surface area contributed by atoms with Crippen LogP contribution in [-0.2, 0) is 9.59 Å². The van der Waals surface area contributed by atoms with Gasteiger partial charge in [0.2, 0.25) is 5.91 Å². The van der Waals surface area contributed by atoms with Crippen molar-refractivity contribution in [3.05, 3.63) is 0 Å². The highest BCUT2D eigenvalue weighted by atomic mass is 16.2. The largest absolute Gasteiger partial charge is 0.341 e. The number of ketones is 1. The van der Waals surface area contributed by atoms with E-state index in [0.29, 0.717) is 31.7 Å². The zero-order chi connectivity index (χ0) is 12.5. The number of Topliss-reactive ketones (excluding diaryl/α,β-unsaturated/α-hetero) is 1. The van der Waals surface area contributed by atoms with Gasteiger partial charge in [-0.25, -0.2) is 0 Å². The van der Waals surface area contributed by atoms with Crippen molar-refractivity contribution in [3.8, 4) is 0 Å². The van der Waals surface area contributed by atoms with Crippen molar-refractivity contribution in [2.75, 3.05) is 13.1 Å². The monoisotopic (exact) mass is 237 g/mol. The Morgan fingerprint density at radius 2 is 2.12 bits per heavy atom. The molecule has 1 saturated heterocycles. The van der Waals surface area contributed by atoms with Crippen molar-refractivity contribution < 1.29 is 9.59 Å². The lowest BCUT2D eigenvalue weighted by atomic mass is 9.81. The predicted octanol–water partition coefficient (Wildman–Crippen LogP) is 2.39. The smallest absolute Gasteiger partial charge is 0.222 e. The van der Waals surface area contributed by atoms with Crippen molar-refractivity contribution in [1.29, 1.82) is 0 Å². The molecule has 0 radical (unpaired) electrons. The van der Waals surface area contributed by atoms with E-state index in [0.717, 1.165) is 12.3 Å². The molecule has 1 heterocycles. The van der Waals surface area contributed by atoms with Gasteiger partial charge >= 0.3 is 0 Å². The highest BCUT2D eigenvalue weighted by Crippen LogP contribution is 2.31. The third-order valence-corrected chi connectivity index (χ3v) is 4.29. The van der Waals surface area contributed by atoms with Crippen molar-refractivity contribution in [3.63, 3.8) is 0 Å². The Hall–Kier alpha value is -0.860. The predicted molar refractivity (Wildman–Crippen MR) is 66.6 cm³/mol. The minimum atomic E-state index is -0.343. The Morgan fingerprint density at radius 3 is 2.65 bits per heavy atom. The number of nitrogens with zero attached hydrogens (tertiary/aromatic N) is 1. The molecule has 0 bridgehead atoms. The molecule has 0 atom stereocenters. The van der Waals surface area contributed by atoms with Crippen LogP contribution in [0.3, 0.4) is 0 Å². The molecule has 0 N–H and O–H groups in total. The standard InChI is InChI=1S/C14H23NO2/c1-14(2)10-15(9-8-12(14)16)13(17)7-6-11-4-3-5-11/h11H,3-10H2,1-2H3. The zero-order valence-electron chi connectivity index (χ0n) is 11.0. The van der Waals surface area contributed by atoms with Crippen LogP contribution in [0.4, 0.5) is 0 Å². The highest BCUT2D eigenvalue weighted by Gasteiger charge is 2.35. The first kappa shape index (κ1) is 12.6. The van der Waals surface area contributed by atoms with E-state index in [1.165, 1.54) is 19.3 Å². The van der Waals surface area contributed by atoms with Crippen LogP contribution in [0.1, 0.15) is 52.4 Å². The molecule has 2 aliphatic rings. The van der Waals surface area contributed by atoms with Gasteiger partial charge in [-0.1, -0.05) is 33.1 Å². The lowest BCUT2D eigenvalue weighted by Crippen LogP contribution is -2.48. The molecule has 1 saturated carbocycles. The minimum absolute atomic E-state index is 0.248. The van der Waals surface area contributed by atoms with E-state index < -0.39 is 0 Å². The lowest BCUT2D eigenvalue weighted by molar-refractivity contribution is -0.141. The molecule has 1 amide bonds. The second kappa shape index (κ2) is 4.79. The second-order valence-electron chi connectivity index (χ2n) is 6.21. The molecule has 3 heteroatoms. The van der Waals surface area contributed by atoms with Gasteiger partial charge in [-0.05, 0) is 12.3 Å². The Kier molecular flexibility index (Phi) is 3.55. The van der Waals surface area contributed by atoms with Gasteiger partial charge in [0, 0.05) is 31.3 Å². The molecule has 1 aliphatic heterocycles. The topological polar surface area (TPSA) is 37.4 Å². The van der Waals surface area contributed by atoms with Gasteiger partial charge < -0.3 is 4.90 Å². The second-order valence-corrected chi connectivity index (χ2v) is 6.21. The number of amides is 1. The Labute approximate surface area is 104 Å². The van der Waals surface area contributed by atoms with Crippen LogP contribution in [0.2, 0.25) is 0 Å². The Balaban J connectivity index is 1.80. The van der Waals surface area contributed by atoms with E-state index in [4.69, 9.17) is 0 Å². The molecule has 0 aromatic heterocycles. The van der Waals surface area contributed by atoms with Gasteiger partial charge in [0.1, 0.15) is 5.78 Å². The minimum Gasteiger partial charge on any atom is -0.341 e. The fourth-order valence-corrected chi connectivity index (χ4v) is 2.70. The van der Waals surface area contributed by atoms with E-state index >= 15 is 0 Å². The first-order chi connectivity index (χ1) is 7.99. The van der Waals surface area contributed by atoms with Crippen LogP contribution in [0.15, 0.2) is 0 Å².